The Labute approximate surface area is 140 Å². The predicted octanol–water partition coefficient (Wildman–Crippen LogP) is 3.07. The third-order valence-corrected chi connectivity index (χ3v) is 4.04. The maximum absolute atomic E-state index is 12.6. The minimum Gasteiger partial charge on any atom is -0.308 e. The van der Waals surface area contributed by atoms with Crippen LogP contribution in [0.15, 0.2) is 30.3 Å². The van der Waals surface area contributed by atoms with Crippen LogP contribution in [-0.4, -0.2) is 48.8 Å². The van der Waals surface area contributed by atoms with E-state index in [2.05, 4.69) is 0 Å². The van der Waals surface area contributed by atoms with Crippen molar-refractivity contribution < 1.29 is 9.59 Å². The zero-order valence-electron chi connectivity index (χ0n) is 12.3. The number of rotatable bonds is 3. The smallest absolute Gasteiger partial charge is 0.261 e. The van der Waals surface area contributed by atoms with Crippen LogP contribution in [0.2, 0.25) is 5.02 Å². The van der Waals surface area contributed by atoms with Crippen molar-refractivity contribution in [2.24, 2.45) is 0 Å². The van der Waals surface area contributed by atoms with Gasteiger partial charge < -0.3 is 4.90 Å². The highest BCUT2D eigenvalue weighted by Crippen LogP contribution is 2.33. The van der Waals surface area contributed by atoms with Gasteiger partial charge >= 0.3 is 0 Å². The van der Waals surface area contributed by atoms with Crippen molar-refractivity contribution in [1.29, 1.82) is 0 Å². The standard InChI is InChI=1S/C16H15ClN2O2.ClH/c1-18(2)8-9-19-15(20)11-5-3-4-10-13(17)7-6-12(14(10)11)16(19)21;/h3-7H,8-9H2,1-2H3;1H. The van der Waals surface area contributed by atoms with Gasteiger partial charge in [0.15, 0.2) is 0 Å². The molecule has 0 fully saturated rings. The van der Waals surface area contributed by atoms with Crippen LogP contribution in [0.25, 0.3) is 10.8 Å². The van der Waals surface area contributed by atoms with Crippen LogP contribution in [0.3, 0.4) is 0 Å². The molecule has 2 aromatic carbocycles. The number of halogens is 2. The molecule has 2 amide bonds. The van der Waals surface area contributed by atoms with Gasteiger partial charge in [-0.3, -0.25) is 14.5 Å². The van der Waals surface area contributed by atoms with E-state index >= 15 is 0 Å². The second-order valence-electron chi connectivity index (χ2n) is 5.39. The summed E-state index contributed by atoms with van der Waals surface area (Å²) < 4.78 is 0. The van der Waals surface area contributed by atoms with Gasteiger partial charge in [-0.1, -0.05) is 23.7 Å². The van der Waals surface area contributed by atoms with Gasteiger partial charge in [-0.05, 0) is 32.3 Å². The van der Waals surface area contributed by atoms with Gasteiger partial charge in [0.1, 0.15) is 0 Å². The minimum atomic E-state index is -0.248. The highest BCUT2D eigenvalue weighted by Gasteiger charge is 2.32. The predicted molar refractivity (Wildman–Crippen MR) is 90.1 cm³/mol. The van der Waals surface area contributed by atoms with Gasteiger partial charge in [-0.25, -0.2) is 0 Å². The summed E-state index contributed by atoms with van der Waals surface area (Å²) in [4.78, 5) is 28.4. The molecule has 1 aliphatic heterocycles. The van der Waals surface area contributed by atoms with Gasteiger partial charge in [-0.2, -0.15) is 0 Å². The molecule has 0 bridgehead atoms. The number of imide groups is 1. The molecule has 1 heterocycles. The lowest BCUT2D eigenvalue weighted by molar-refractivity contribution is 0.0601. The largest absolute Gasteiger partial charge is 0.308 e. The SMILES string of the molecule is CN(C)CCN1C(=O)c2cccc3c(Cl)ccc(c23)C1=O.Cl. The molecule has 6 heteroatoms. The molecule has 0 radical (unpaired) electrons. The van der Waals surface area contributed by atoms with Crippen LogP contribution in [0.1, 0.15) is 20.7 Å². The quantitative estimate of drug-likeness (QED) is 0.807. The minimum absolute atomic E-state index is 0. The zero-order chi connectivity index (χ0) is 15.1. The van der Waals surface area contributed by atoms with Crippen molar-refractivity contribution >= 4 is 46.6 Å². The Hall–Kier alpha value is -1.62. The summed E-state index contributed by atoms with van der Waals surface area (Å²) in [6.45, 7) is 1.01. The van der Waals surface area contributed by atoms with Crippen molar-refractivity contribution in [2.75, 3.05) is 27.2 Å². The number of likely N-dealkylation sites (N-methyl/N-ethyl adjacent to an activating group) is 1. The monoisotopic (exact) mass is 338 g/mol. The first kappa shape index (κ1) is 16.7. The molecule has 4 nitrogen and oxygen atoms in total. The molecule has 0 saturated carbocycles. The molecule has 116 valence electrons. The van der Waals surface area contributed by atoms with Crippen LogP contribution < -0.4 is 0 Å². The summed E-state index contributed by atoms with van der Waals surface area (Å²) >= 11 is 6.17. The Morgan fingerprint density at radius 1 is 1.05 bits per heavy atom. The molecule has 0 atom stereocenters. The van der Waals surface area contributed by atoms with Gasteiger partial charge in [-0.15, -0.1) is 12.4 Å². The van der Waals surface area contributed by atoms with Gasteiger partial charge in [0.2, 0.25) is 0 Å². The van der Waals surface area contributed by atoms with Crippen LogP contribution in [0.5, 0.6) is 0 Å². The Kier molecular flexibility index (Phi) is 4.75. The Balaban J connectivity index is 0.00000176. The lowest BCUT2D eigenvalue weighted by atomic mass is 9.94. The molecule has 0 unspecified atom stereocenters. The summed E-state index contributed by atoms with van der Waals surface area (Å²) in [6.07, 6.45) is 0. The molecular formula is C16H16Cl2N2O2. The number of nitrogens with zero attached hydrogens (tertiary/aromatic N) is 2. The van der Waals surface area contributed by atoms with Gasteiger partial charge in [0.05, 0.1) is 0 Å². The molecule has 1 aliphatic rings. The van der Waals surface area contributed by atoms with E-state index in [1.54, 1.807) is 24.3 Å². The van der Waals surface area contributed by atoms with E-state index in [1.165, 1.54) is 4.90 Å². The van der Waals surface area contributed by atoms with Crippen molar-refractivity contribution in [3.63, 3.8) is 0 Å². The average molecular weight is 339 g/mol. The van der Waals surface area contributed by atoms with Crippen LogP contribution in [-0.2, 0) is 0 Å². The molecule has 0 N–H and O–H groups in total. The van der Waals surface area contributed by atoms with E-state index in [0.29, 0.717) is 34.6 Å². The average Bonchev–Trinajstić information content (AvgIpc) is 2.45. The second kappa shape index (κ2) is 6.24. The summed E-state index contributed by atoms with van der Waals surface area (Å²) in [5.74, 6) is -0.496. The number of hydrogen-bond acceptors (Lipinski definition) is 3. The fourth-order valence-electron chi connectivity index (χ4n) is 2.61. The van der Waals surface area contributed by atoms with Crippen molar-refractivity contribution in [3.8, 4) is 0 Å². The van der Waals surface area contributed by atoms with E-state index in [9.17, 15) is 9.59 Å². The first-order valence-electron chi connectivity index (χ1n) is 6.73. The molecule has 2 aromatic rings. The first-order chi connectivity index (χ1) is 10.0. The highest BCUT2D eigenvalue weighted by molar-refractivity contribution is 6.38. The molecule has 0 spiro atoms. The molecule has 0 saturated heterocycles. The zero-order valence-corrected chi connectivity index (χ0v) is 13.9. The summed E-state index contributed by atoms with van der Waals surface area (Å²) in [5.41, 5.74) is 1.09. The number of amides is 2. The van der Waals surface area contributed by atoms with E-state index in [-0.39, 0.29) is 24.2 Å². The maximum Gasteiger partial charge on any atom is 0.261 e. The van der Waals surface area contributed by atoms with Crippen LogP contribution in [0.4, 0.5) is 0 Å². The third kappa shape index (κ3) is 2.58. The topological polar surface area (TPSA) is 40.6 Å². The second-order valence-corrected chi connectivity index (χ2v) is 5.80. The van der Waals surface area contributed by atoms with E-state index < -0.39 is 0 Å². The highest BCUT2D eigenvalue weighted by atomic mass is 35.5. The molecule has 0 aromatic heterocycles. The normalized spacial score (nSPS) is 13.7. The summed E-state index contributed by atoms with van der Waals surface area (Å²) in [7, 11) is 3.82. The lowest BCUT2D eigenvalue weighted by Gasteiger charge is -2.28. The molecule has 3 rings (SSSR count). The van der Waals surface area contributed by atoms with Gasteiger partial charge in [0, 0.05) is 40.0 Å². The Morgan fingerprint density at radius 2 is 1.68 bits per heavy atom. The summed E-state index contributed by atoms with van der Waals surface area (Å²) in [5, 5.41) is 1.97. The maximum atomic E-state index is 12.6. The number of benzene rings is 2. The third-order valence-electron chi connectivity index (χ3n) is 3.71. The van der Waals surface area contributed by atoms with E-state index in [0.717, 1.165) is 5.39 Å². The van der Waals surface area contributed by atoms with Gasteiger partial charge in [0.25, 0.3) is 11.8 Å². The fourth-order valence-corrected chi connectivity index (χ4v) is 2.83. The van der Waals surface area contributed by atoms with E-state index in [4.69, 9.17) is 11.6 Å². The van der Waals surface area contributed by atoms with Crippen molar-refractivity contribution in [3.05, 3.63) is 46.5 Å². The molecule has 0 aliphatic carbocycles. The number of hydrogen-bond donors (Lipinski definition) is 0. The van der Waals surface area contributed by atoms with E-state index in [1.807, 2.05) is 25.1 Å². The van der Waals surface area contributed by atoms with Crippen LogP contribution >= 0.6 is 24.0 Å². The van der Waals surface area contributed by atoms with Crippen molar-refractivity contribution in [1.82, 2.24) is 9.80 Å². The number of carbonyl (C=O) groups is 2. The lowest BCUT2D eigenvalue weighted by Crippen LogP contribution is -2.43. The fraction of sp³-hybridized carbons (Fsp3) is 0.250. The molecule has 22 heavy (non-hydrogen) atoms. The molecular weight excluding hydrogens is 323 g/mol. The first-order valence-corrected chi connectivity index (χ1v) is 7.10. The summed E-state index contributed by atoms with van der Waals surface area (Å²) in [6, 6.07) is 8.79. The van der Waals surface area contributed by atoms with Crippen molar-refractivity contribution in [2.45, 2.75) is 0 Å². The Bertz CT molecular complexity index is 737. The number of carbonyl (C=O) groups excluding carboxylic acids is 2. The Morgan fingerprint density at radius 3 is 2.32 bits per heavy atom. The van der Waals surface area contributed by atoms with Crippen LogP contribution in [0, 0.1) is 0 Å².